The molecule has 3 rings (SSSR count). The predicted octanol–water partition coefficient (Wildman–Crippen LogP) is 1.88. The fraction of sp³-hybridized carbons (Fsp3) is 0.667. The number of aryl methyl sites for hydroxylation is 1. The average molecular weight is 322 g/mol. The quantitative estimate of drug-likeness (QED) is 0.869. The summed E-state index contributed by atoms with van der Waals surface area (Å²) in [5, 5.41) is 14.1. The van der Waals surface area contributed by atoms with Crippen molar-refractivity contribution in [3.05, 3.63) is 35.1 Å². The fourth-order valence-electron chi connectivity index (χ4n) is 3.62. The largest absolute Gasteiger partial charge is 0.388 e. The van der Waals surface area contributed by atoms with Crippen molar-refractivity contribution in [3.63, 3.8) is 0 Å². The Morgan fingerprint density at radius 1 is 1.39 bits per heavy atom. The number of hydrogen-bond donors (Lipinski definition) is 2. The van der Waals surface area contributed by atoms with Crippen LogP contribution in [0, 0.1) is 5.82 Å². The Morgan fingerprint density at radius 3 is 2.96 bits per heavy atom. The molecular weight excluding hydrogens is 295 g/mol. The molecule has 0 bridgehead atoms. The van der Waals surface area contributed by atoms with Gasteiger partial charge in [0.15, 0.2) is 0 Å². The monoisotopic (exact) mass is 322 g/mol. The second-order valence-electron chi connectivity index (χ2n) is 7.05. The number of rotatable bonds is 5. The van der Waals surface area contributed by atoms with Crippen LogP contribution in [0.5, 0.6) is 0 Å². The lowest BCUT2D eigenvalue weighted by Crippen LogP contribution is -2.51. The van der Waals surface area contributed by atoms with Crippen molar-refractivity contribution in [1.29, 1.82) is 0 Å². The Kier molecular flexibility index (Phi) is 5.31. The Bertz CT molecular complexity index is 530. The molecule has 0 amide bonds. The molecule has 2 atom stereocenters. The minimum absolute atomic E-state index is 0.130. The number of nitrogens with zero attached hydrogens (tertiary/aromatic N) is 1. The molecule has 5 heteroatoms. The third-order valence-electron chi connectivity index (χ3n) is 4.82. The molecule has 1 aliphatic heterocycles. The number of β-amino-alcohol motifs (C(OH)–C–C–N with tert-alkyl or cyclic N) is 1. The van der Waals surface area contributed by atoms with Gasteiger partial charge < -0.3 is 15.2 Å². The maximum Gasteiger partial charge on any atom is 0.123 e. The van der Waals surface area contributed by atoms with Gasteiger partial charge >= 0.3 is 0 Å². The van der Waals surface area contributed by atoms with Gasteiger partial charge in [-0.3, -0.25) is 4.90 Å². The molecule has 23 heavy (non-hydrogen) atoms. The van der Waals surface area contributed by atoms with Crippen molar-refractivity contribution in [2.75, 3.05) is 39.4 Å². The van der Waals surface area contributed by atoms with Crippen LogP contribution in [0.2, 0.25) is 0 Å². The molecule has 0 aromatic heterocycles. The SMILES string of the molecule is C[C@@](O)(CN[C@H]1CCCc2ccc(F)cc21)CN1CCOCC1. The van der Waals surface area contributed by atoms with Gasteiger partial charge in [0.2, 0.25) is 0 Å². The van der Waals surface area contributed by atoms with E-state index in [-0.39, 0.29) is 11.9 Å². The second kappa shape index (κ2) is 7.26. The van der Waals surface area contributed by atoms with Crippen LogP contribution < -0.4 is 5.32 Å². The van der Waals surface area contributed by atoms with E-state index < -0.39 is 5.60 Å². The summed E-state index contributed by atoms with van der Waals surface area (Å²) in [6, 6.07) is 5.20. The number of morpholine rings is 1. The van der Waals surface area contributed by atoms with Gasteiger partial charge in [0.05, 0.1) is 18.8 Å². The van der Waals surface area contributed by atoms with E-state index in [0.717, 1.165) is 51.1 Å². The molecule has 1 aliphatic carbocycles. The summed E-state index contributed by atoms with van der Waals surface area (Å²) in [4.78, 5) is 2.24. The van der Waals surface area contributed by atoms with Crippen molar-refractivity contribution in [3.8, 4) is 0 Å². The Balaban J connectivity index is 1.58. The summed E-state index contributed by atoms with van der Waals surface area (Å²) in [6.45, 7) is 6.21. The minimum Gasteiger partial charge on any atom is -0.388 e. The van der Waals surface area contributed by atoms with Gasteiger partial charge in [0.25, 0.3) is 0 Å². The van der Waals surface area contributed by atoms with Gasteiger partial charge in [-0.05, 0) is 49.4 Å². The standard InChI is InChI=1S/C18H27FN2O2/c1-18(22,13-21-7-9-23-10-8-21)12-20-17-4-2-3-14-5-6-15(19)11-16(14)17/h5-6,11,17,20,22H,2-4,7-10,12-13H2,1H3/t17-,18+/m0/s1. The zero-order chi connectivity index (χ0) is 16.3. The van der Waals surface area contributed by atoms with Gasteiger partial charge in [-0.25, -0.2) is 4.39 Å². The lowest BCUT2D eigenvalue weighted by Gasteiger charge is -2.35. The first-order chi connectivity index (χ1) is 11.0. The van der Waals surface area contributed by atoms with E-state index in [0.29, 0.717) is 13.1 Å². The minimum atomic E-state index is -0.803. The van der Waals surface area contributed by atoms with Crippen LogP contribution in [0.25, 0.3) is 0 Å². The first-order valence-corrected chi connectivity index (χ1v) is 8.58. The maximum absolute atomic E-state index is 13.6. The number of halogens is 1. The molecule has 128 valence electrons. The number of nitrogens with one attached hydrogen (secondary N) is 1. The fourth-order valence-corrected chi connectivity index (χ4v) is 3.62. The lowest BCUT2D eigenvalue weighted by molar-refractivity contribution is -0.0230. The summed E-state index contributed by atoms with van der Waals surface area (Å²) in [6.07, 6.45) is 3.10. The van der Waals surface area contributed by atoms with E-state index in [4.69, 9.17) is 4.74 Å². The van der Waals surface area contributed by atoms with E-state index in [1.807, 2.05) is 13.0 Å². The van der Waals surface area contributed by atoms with Crippen LogP contribution >= 0.6 is 0 Å². The van der Waals surface area contributed by atoms with Gasteiger partial charge in [-0.2, -0.15) is 0 Å². The smallest absolute Gasteiger partial charge is 0.123 e. The highest BCUT2D eigenvalue weighted by Gasteiger charge is 2.28. The van der Waals surface area contributed by atoms with Gasteiger partial charge in [0, 0.05) is 32.2 Å². The van der Waals surface area contributed by atoms with Crippen molar-refractivity contribution < 1.29 is 14.2 Å². The molecule has 0 radical (unpaired) electrons. The highest BCUT2D eigenvalue weighted by atomic mass is 19.1. The summed E-state index contributed by atoms with van der Waals surface area (Å²) < 4.78 is 18.9. The number of ether oxygens (including phenoxy) is 1. The van der Waals surface area contributed by atoms with E-state index >= 15 is 0 Å². The highest BCUT2D eigenvalue weighted by Crippen LogP contribution is 2.30. The average Bonchev–Trinajstić information content (AvgIpc) is 2.53. The Hall–Kier alpha value is -1.01. The topological polar surface area (TPSA) is 44.7 Å². The summed E-state index contributed by atoms with van der Waals surface area (Å²) in [5.74, 6) is -0.183. The normalized spacial score (nSPS) is 24.9. The third-order valence-corrected chi connectivity index (χ3v) is 4.82. The highest BCUT2D eigenvalue weighted by molar-refractivity contribution is 5.32. The number of benzene rings is 1. The van der Waals surface area contributed by atoms with Crippen LogP contribution in [0.1, 0.15) is 36.9 Å². The van der Waals surface area contributed by atoms with Gasteiger partial charge in [-0.15, -0.1) is 0 Å². The lowest BCUT2D eigenvalue weighted by atomic mass is 9.87. The van der Waals surface area contributed by atoms with E-state index in [1.165, 1.54) is 11.6 Å². The van der Waals surface area contributed by atoms with Crippen molar-refractivity contribution in [1.82, 2.24) is 10.2 Å². The van der Waals surface area contributed by atoms with Gasteiger partial charge in [0.1, 0.15) is 5.82 Å². The molecule has 0 saturated carbocycles. The van der Waals surface area contributed by atoms with Crippen LogP contribution in [-0.4, -0.2) is 55.0 Å². The van der Waals surface area contributed by atoms with Crippen LogP contribution in [0.3, 0.4) is 0 Å². The van der Waals surface area contributed by atoms with E-state index in [1.54, 1.807) is 6.07 Å². The van der Waals surface area contributed by atoms with Crippen LogP contribution in [-0.2, 0) is 11.2 Å². The molecule has 0 unspecified atom stereocenters. The molecule has 2 aliphatic rings. The third kappa shape index (κ3) is 4.51. The van der Waals surface area contributed by atoms with Gasteiger partial charge in [-0.1, -0.05) is 6.07 Å². The molecule has 4 nitrogen and oxygen atoms in total. The van der Waals surface area contributed by atoms with Crippen LogP contribution in [0.15, 0.2) is 18.2 Å². The number of fused-ring (bicyclic) bond motifs is 1. The Morgan fingerprint density at radius 2 is 2.17 bits per heavy atom. The second-order valence-corrected chi connectivity index (χ2v) is 7.05. The molecule has 2 N–H and O–H groups in total. The number of hydrogen-bond acceptors (Lipinski definition) is 4. The van der Waals surface area contributed by atoms with Crippen molar-refractivity contribution >= 4 is 0 Å². The summed E-state index contributed by atoms with van der Waals surface area (Å²) in [5.41, 5.74) is 1.48. The molecule has 0 spiro atoms. The number of aliphatic hydroxyl groups is 1. The van der Waals surface area contributed by atoms with E-state index in [9.17, 15) is 9.50 Å². The zero-order valence-corrected chi connectivity index (χ0v) is 13.9. The van der Waals surface area contributed by atoms with E-state index in [2.05, 4.69) is 10.2 Å². The zero-order valence-electron chi connectivity index (χ0n) is 13.9. The molecular formula is C18H27FN2O2. The molecule has 1 saturated heterocycles. The van der Waals surface area contributed by atoms with Crippen molar-refractivity contribution in [2.24, 2.45) is 0 Å². The summed E-state index contributed by atoms with van der Waals surface area (Å²) in [7, 11) is 0. The molecule has 1 heterocycles. The molecule has 1 fully saturated rings. The first-order valence-electron chi connectivity index (χ1n) is 8.58. The predicted molar refractivity (Wildman–Crippen MR) is 88.0 cm³/mol. The summed E-state index contributed by atoms with van der Waals surface area (Å²) >= 11 is 0. The molecule has 1 aromatic rings. The maximum atomic E-state index is 13.6. The Labute approximate surface area is 137 Å². The van der Waals surface area contributed by atoms with Crippen LogP contribution in [0.4, 0.5) is 4.39 Å². The van der Waals surface area contributed by atoms with Crippen molar-refractivity contribution in [2.45, 2.75) is 37.8 Å². The first kappa shape index (κ1) is 16.8. The molecule has 1 aromatic carbocycles.